The molecule has 0 saturated heterocycles. The minimum Gasteiger partial charge on any atom is -0.368 e. The number of fused-ring (bicyclic) bond motifs is 1. The van der Waals surface area contributed by atoms with Crippen LogP contribution >= 0.6 is 11.3 Å². The van der Waals surface area contributed by atoms with Gasteiger partial charge in [0.1, 0.15) is 29.6 Å². The fourth-order valence-corrected chi connectivity index (χ4v) is 3.91. The van der Waals surface area contributed by atoms with E-state index < -0.39 is 23.8 Å². The maximum Gasteiger partial charge on any atom is 0.271 e. The van der Waals surface area contributed by atoms with Gasteiger partial charge >= 0.3 is 0 Å². The number of benzene rings is 1. The summed E-state index contributed by atoms with van der Waals surface area (Å²) in [5.41, 5.74) is 6.48. The van der Waals surface area contributed by atoms with Crippen LogP contribution in [0.4, 0.5) is 4.39 Å². The van der Waals surface area contributed by atoms with Gasteiger partial charge in [0.25, 0.3) is 17.6 Å². The second-order valence-corrected chi connectivity index (χ2v) is 8.07. The first kappa shape index (κ1) is 22.0. The van der Waals surface area contributed by atoms with Gasteiger partial charge in [0.05, 0.1) is 0 Å². The van der Waals surface area contributed by atoms with E-state index in [0.29, 0.717) is 16.0 Å². The summed E-state index contributed by atoms with van der Waals surface area (Å²) >= 11 is 1.27. The lowest BCUT2D eigenvalue weighted by atomic mass is 10.1. The van der Waals surface area contributed by atoms with E-state index in [-0.39, 0.29) is 29.5 Å². The van der Waals surface area contributed by atoms with Crippen LogP contribution in [0.2, 0.25) is 0 Å². The first-order chi connectivity index (χ1) is 15.8. The molecule has 4 N–H and O–H groups in total. The summed E-state index contributed by atoms with van der Waals surface area (Å²) in [6.07, 6.45) is 1.19. The second kappa shape index (κ2) is 9.12. The standard InChI is InChI=1S/C21H18FN7O3S/c1-11-7-12(4-5-13(11)22)9-24-19(31)14-8-15(29-21(27-14)25-10-26-29)20(32)28-17(18(23)30)16-3-2-6-33-16/h2-8,10,17H,9H2,1H3,(H2,23,30)(H,24,31)(H,28,32)/t17-/m1/s1. The summed E-state index contributed by atoms with van der Waals surface area (Å²) in [7, 11) is 0. The van der Waals surface area contributed by atoms with Crippen molar-refractivity contribution in [3.63, 3.8) is 0 Å². The average Bonchev–Trinajstić information content (AvgIpc) is 3.49. The van der Waals surface area contributed by atoms with Crippen LogP contribution in [-0.4, -0.2) is 37.3 Å². The molecule has 0 radical (unpaired) electrons. The molecule has 1 aromatic carbocycles. The topological polar surface area (TPSA) is 144 Å². The molecule has 0 bridgehead atoms. The number of carbonyl (C=O) groups excluding carboxylic acids is 3. The maximum atomic E-state index is 13.5. The van der Waals surface area contributed by atoms with Crippen LogP contribution in [0, 0.1) is 12.7 Å². The van der Waals surface area contributed by atoms with Crippen molar-refractivity contribution in [1.82, 2.24) is 30.2 Å². The number of nitrogens with two attached hydrogens (primary N) is 1. The molecule has 10 nitrogen and oxygen atoms in total. The number of nitrogens with one attached hydrogen (secondary N) is 2. The molecule has 4 aromatic rings. The number of halogens is 1. The summed E-state index contributed by atoms with van der Waals surface area (Å²) in [4.78, 5) is 46.3. The SMILES string of the molecule is Cc1cc(CNC(=O)c2cc(C(=O)N[C@@H](C(N)=O)c3cccs3)n3ncnc3n2)ccc1F. The molecule has 0 saturated carbocycles. The normalized spacial score (nSPS) is 11.8. The van der Waals surface area contributed by atoms with Crippen LogP contribution in [0.1, 0.15) is 43.0 Å². The molecule has 33 heavy (non-hydrogen) atoms. The lowest BCUT2D eigenvalue weighted by Crippen LogP contribution is -2.38. The Balaban J connectivity index is 1.58. The van der Waals surface area contributed by atoms with Crippen LogP contribution in [0.15, 0.2) is 48.1 Å². The summed E-state index contributed by atoms with van der Waals surface area (Å²) in [5.74, 6) is -2.30. The van der Waals surface area contributed by atoms with Crippen LogP contribution in [0.3, 0.4) is 0 Å². The lowest BCUT2D eigenvalue weighted by molar-refractivity contribution is -0.119. The predicted octanol–water partition coefficient (Wildman–Crippen LogP) is 1.52. The van der Waals surface area contributed by atoms with Gasteiger partial charge in [0, 0.05) is 17.5 Å². The van der Waals surface area contributed by atoms with E-state index in [2.05, 4.69) is 25.7 Å². The Labute approximate surface area is 190 Å². The zero-order valence-electron chi connectivity index (χ0n) is 17.3. The van der Waals surface area contributed by atoms with Gasteiger partial charge in [-0.15, -0.1) is 11.3 Å². The number of carbonyl (C=O) groups is 3. The molecule has 168 valence electrons. The lowest BCUT2D eigenvalue weighted by Gasteiger charge is -2.14. The predicted molar refractivity (Wildman–Crippen MR) is 117 cm³/mol. The first-order valence-electron chi connectivity index (χ1n) is 9.71. The zero-order chi connectivity index (χ0) is 23.5. The van der Waals surface area contributed by atoms with Crippen LogP contribution < -0.4 is 16.4 Å². The Kier molecular flexibility index (Phi) is 6.09. The molecular formula is C21H18FN7O3S. The number of nitrogens with zero attached hydrogens (tertiary/aromatic N) is 4. The third-order valence-corrected chi connectivity index (χ3v) is 5.72. The number of thiophene rings is 1. The molecular weight excluding hydrogens is 449 g/mol. The summed E-state index contributed by atoms with van der Waals surface area (Å²) in [6.45, 7) is 1.75. The third-order valence-electron chi connectivity index (χ3n) is 4.78. The van der Waals surface area contributed by atoms with Gasteiger partial charge in [-0.25, -0.2) is 9.37 Å². The monoisotopic (exact) mass is 467 g/mol. The van der Waals surface area contributed by atoms with Gasteiger partial charge in [-0.3, -0.25) is 14.4 Å². The molecule has 3 heterocycles. The molecule has 0 spiro atoms. The maximum absolute atomic E-state index is 13.5. The Morgan fingerprint density at radius 2 is 2.03 bits per heavy atom. The summed E-state index contributed by atoms with van der Waals surface area (Å²) in [6, 6.07) is 8.10. The fourth-order valence-electron chi connectivity index (χ4n) is 3.12. The molecule has 4 rings (SSSR count). The third kappa shape index (κ3) is 4.70. The summed E-state index contributed by atoms with van der Waals surface area (Å²) in [5, 5.41) is 11.0. The average molecular weight is 467 g/mol. The van der Waals surface area contributed by atoms with E-state index >= 15 is 0 Å². The Morgan fingerprint density at radius 3 is 2.73 bits per heavy atom. The van der Waals surface area contributed by atoms with Gasteiger partial charge in [0.2, 0.25) is 5.91 Å². The fraction of sp³-hybridized carbons (Fsp3) is 0.143. The van der Waals surface area contributed by atoms with E-state index in [4.69, 9.17) is 5.73 Å². The molecule has 3 aromatic heterocycles. The van der Waals surface area contributed by atoms with Crippen molar-refractivity contribution in [2.45, 2.75) is 19.5 Å². The summed E-state index contributed by atoms with van der Waals surface area (Å²) < 4.78 is 14.6. The Bertz CT molecular complexity index is 1350. The molecule has 1 atom stereocenters. The quantitative estimate of drug-likeness (QED) is 0.376. The van der Waals surface area contributed by atoms with E-state index in [1.807, 2.05) is 0 Å². The van der Waals surface area contributed by atoms with E-state index in [1.165, 1.54) is 29.8 Å². The van der Waals surface area contributed by atoms with Crippen molar-refractivity contribution in [1.29, 1.82) is 0 Å². The second-order valence-electron chi connectivity index (χ2n) is 7.09. The molecule has 3 amide bonds. The van der Waals surface area contributed by atoms with E-state index in [0.717, 1.165) is 4.52 Å². The van der Waals surface area contributed by atoms with Gasteiger partial charge in [-0.1, -0.05) is 18.2 Å². The van der Waals surface area contributed by atoms with Crippen molar-refractivity contribution in [3.8, 4) is 0 Å². The minimum atomic E-state index is -1.05. The van der Waals surface area contributed by atoms with E-state index in [9.17, 15) is 18.8 Å². The Hall–Kier alpha value is -4.19. The first-order valence-corrected chi connectivity index (χ1v) is 10.6. The van der Waals surface area contributed by atoms with Crippen LogP contribution in [0.25, 0.3) is 5.78 Å². The largest absolute Gasteiger partial charge is 0.368 e. The molecule has 0 unspecified atom stereocenters. The highest BCUT2D eigenvalue weighted by molar-refractivity contribution is 7.10. The number of aromatic nitrogens is 4. The molecule has 0 fully saturated rings. The molecule has 0 aliphatic heterocycles. The molecule has 12 heteroatoms. The van der Waals surface area contributed by atoms with Crippen molar-refractivity contribution < 1.29 is 18.8 Å². The van der Waals surface area contributed by atoms with Crippen molar-refractivity contribution >= 4 is 34.8 Å². The minimum absolute atomic E-state index is 0.0252. The van der Waals surface area contributed by atoms with Crippen molar-refractivity contribution in [2.75, 3.05) is 0 Å². The van der Waals surface area contributed by atoms with Crippen molar-refractivity contribution in [2.24, 2.45) is 5.73 Å². The number of hydrogen-bond acceptors (Lipinski definition) is 7. The van der Waals surface area contributed by atoms with Gasteiger partial charge in [-0.2, -0.15) is 14.6 Å². The molecule has 0 aliphatic rings. The number of hydrogen-bond donors (Lipinski definition) is 3. The van der Waals surface area contributed by atoms with Crippen molar-refractivity contribution in [3.05, 3.63) is 81.3 Å². The highest BCUT2D eigenvalue weighted by Gasteiger charge is 2.25. The van der Waals surface area contributed by atoms with E-state index in [1.54, 1.807) is 36.6 Å². The highest BCUT2D eigenvalue weighted by atomic mass is 32.1. The van der Waals surface area contributed by atoms with Gasteiger partial charge in [0.15, 0.2) is 0 Å². The Morgan fingerprint density at radius 1 is 1.21 bits per heavy atom. The molecule has 0 aliphatic carbocycles. The number of rotatable bonds is 7. The smallest absolute Gasteiger partial charge is 0.271 e. The van der Waals surface area contributed by atoms with Crippen LogP contribution in [-0.2, 0) is 11.3 Å². The number of amides is 3. The zero-order valence-corrected chi connectivity index (χ0v) is 18.1. The number of primary amides is 1. The van der Waals surface area contributed by atoms with Gasteiger partial charge in [-0.05, 0) is 35.6 Å². The van der Waals surface area contributed by atoms with Crippen LogP contribution in [0.5, 0.6) is 0 Å². The van der Waals surface area contributed by atoms with Gasteiger partial charge < -0.3 is 16.4 Å². The number of aryl methyl sites for hydroxylation is 1. The highest BCUT2D eigenvalue weighted by Crippen LogP contribution is 2.19.